The average molecular weight is 288 g/mol. The van der Waals surface area contributed by atoms with Crippen LogP contribution in [0.5, 0.6) is 0 Å². The Morgan fingerprint density at radius 3 is 2.85 bits per heavy atom. The van der Waals surface area contributed by atoms with E-state index < -0.39 is 0 Å². The van der Waals surface area contributed by atoms with Crippen LogP contribution in [-0.4, -0.2) is 23.1 Å². The van der Waals surface area contributed by atoms with Crippen molar-refractivity contribution in [2.24, 2.45) is 0 Å². The Bertz CT molecular complexity index is 577. The van der Waals surface area contributed by atoms with Gasteiger partial charge in [0.15, 0.2) is 0 Å². The number of rotatable bonds is 6. The van der Waals surface area contributed by atoms with E-state index in [1.807, 2.05) is 6.92 Å². The van der Waals surface area contributed by atoms with Crippen molar-refractivity contribution in [2.45, 2.75) is 38.9 Å². The van der Waals surface area contributed by atoms with Gasteiger partial charge in [0.2, 0.25) is 0 Å². The fourth-order valence-corrected chi connectivity index (χ4v) is 2.72. The summed E-state index contributed by atoms with van der Waals surface area (Å²) in [5.41, 5.74) is 2.22. The van der Waals surface area contributed by atoms with Crippen molar-refractivity contribution in [3.63, 3.8) is 0 Å². The maximum atomic E-state index is 4.71. The summed E-state index contributed by atoms with van der Waals surface area (Å²) in [6, 6.07) is 6.94. The summed E-state index contributed by atoms with van der Waals surface area (Å²) in [4.78, 5) is 11.4. The number of thiazole rings is 1. The highest BCUT2D eigenvalue weighted by Crippen LogP contribution is 2.20. The number of aromatic nitrogens is 2. The third-order valence-electron chi connectivity index (χ3n) is 3.40. The van der Waals surface area contributed by atoms with Gasteiger partial charge in [-0.25, -0.2) is 9.97 Å². The molecular formula is C15H20N4S. The van der Waals surface area contributed by atoms with Crippen molar-refractivity contribution >= 4 is 17.2 Å². The minimum Gasteiger partial charge on any atom is -0.354 e. The first-order valence-corrected chi connectivity index (χ1v) is 7.90. The van der Waals surface area contributed by atoms with Crippen molar-refractivity contribution in [3.8, 4) is 0 Å². The predicted octanol–water partition coefficient (Wildman–Crippen LogP) is 2.73. The third-order valence-corrected chi connectivity index (χ3v) is 4.22. The van der Waals surface area contributed by atoms with Gasteiger partial charge in [-0.3, -0.25) is 0 Å². The van der Waals surface area contributed by atoms with Crippen molar-refractivity contribution < 1.29 is 0 Å². The molecule has 5 heteroatoms. The number of hydrogen-bond donors (Lipinski definition) is 1. The highest BCUT2D eigenvalue weighted by atomic mass is 32.1. The molecule has 0 aromatic carbocycles. The summed E-state index contributed by atoms with van der Waals surface area (Å²) in [7, 11) is 2.06. The van der Waals surface area contributed by atoms with Gasteiger partial charge in [0.1, 0.15) is 5.82 Å². The quantitative estimate of drug-likeness (QED) is 0.887. The topological polar surface area (TPSA) is 41.1 Å². The van der Waals surface area contributed by atoms with Crippen LogP contribution >= 0.6 is 11.3 Å². The number of nitrogens with one attached hydrogen (secondary N) is 1. The summed E-state index contributed by atoms with van der Waals surface area (Å²) in [6.07, 6.45) is 2.62. The molecule has 0 radical (unpaired) electrons. The van der Waals surface area contributed by atoms with Crippen molar-refractivity contribution in [3.05, 3.63) is 40.0 Å². The smallest absolute Gasteiger partial charge is 0.128 e. The van der Waals surface area contributed by atoms with E-state index in [1.54, 1.807) is 11.3 Å². The molecule has 0 saturated heterocycles. The zero-order valence-corrected chi connectivity index (χ0v) is 12.8. The molecule has 0 amide bonds. The van der Waals surface area contributed by atoms with E-state index in [2.05, 4.69) is 45.8 Å². The fraction of sp³-hybridized carbons (Fsp3) is 0.467. The van der Waals surface area contributed by atoms with Crippen molar-refractivity contribution in [1.29, 1.82) is 0 Å². The molecule has 1 N–H and O–H groups in total. The van der Waals surface area contributed by atoms with Crippen molar-refractivity contribution in [2.75, 3.05) is 11.9 Å². The monoisotopic (exact) mass is 288 g/mol. The van der Waals surface area contributed by atoms with Crippen LogP contribution in [0.2, 0.25) is 0 Å². The highest BCUT2D eigenvalue weighted by Gasteiger charge is 2.20. The second kappa shape index (κ2) is 5.89. The van der Waals surface area contributed by atoms with Crippen LogP contribution in [0.25, 0.3) is 0 Å². The molecule has 1 saturated carbocycles. The molecule has 2 aromatic rings. The van der Waals surface area contributed by atoms with E-state index in [4.69, 9.17) is 4.98 Å². The van der Waals surface area contributed by atoms with Gasteiger partial charge >= 0.3 is 0 Å². The molecule has 2 aromatic heterocycles. The van der Waals surface area contributed by atoms with Crippen LogP contribution in [-0.2, 0) is 13.1 Å². The van der Waals surface area contributed by atoms with Gasteiger partial charge in [0.05, 0.1) is 22.9 Å². The first-order chi connectivity index (χ1) is 9.70. The molecule has 0 aliphatic heterocycles. The largest absolute Gasteiger partial charge is 0.354 e. The molecule has 1 fully saturated rings. The van der Waals surface area contributed by atoms with Crippen LogP contribution in [0.15, 0.2) is 23.6 Å². The van der Waals surface area contributed by atoms with Crippen LogP contribution in [0.3, 0.4) is 0 Å². The van der Waals surface area contributed by atoms with Gasteiger partial charge in [0, 0.05) is 25.0 Å². The Morgan fingerprint density at radius 2 is 2.15 bits per heavy atom. The number of pyridine rings is 1. The summed E-state index contributed by atoms with van der Waals surface area (Å²) < 4.78 is 0. The normalized spacial score (nSPS) is 14.5. The zero-order valence-electron chi connectivity index (χ0n) is 12.0. The molecule has 20 heavy (non-hydrogen) atoms. The molecule has 106 valence electrons. The Balaban J connectivity index is 1.63. The molecule has 1 aliphatic rings. The van der Waals surface area contributed by atoms with Gasteiger partial charge in [-0.05, 0) is 31.9 Å². The van der Waals surface area contributed by atoms with E-state index in [-0.39, 0.29) is 0 Å². The lowest BCUT2D eigenvalue weighted by Crippen LogP contribution is -2.20. The maximum Gasteiger partial charge on any atom is 0.128 e. The summed E-state index contributed by atoms with van der Waals surface area (Å²) in [6.45, 7) is 3.70. The van der Waals surface area contributed by atoms with Gasteiger partial charge in [-0.15, -0.1) is 11.3 Å². The number of anilines is 1. The lowest BCUT2D eigenvalue weighted by molar-refractivity contribution is 0.673. The Kier molecular flexibility index (Phi) is 3.98. The summed E-state index contributed by atoms with van der Waals surface area (Å²) >= 11 is 1.69. The first-order valence-electron chi connectivity index (χ1n) is 7.02. The Morgan fingerprint density at radius 1 is 1.30 bits per heavy atom. The Labute approximate surface area is 123 Å². The van der Waals surface area contributed by atoms with Gasteiger partial charge < -0.3 is 10.2 Å². The van der Waals surface area contributed by atoms with E-state index in [9.17, 15) is 0 Å². The highest BCUT2D eigenvalue weighted by molar-refractivity contribution is 7.09. The number of hydrogen-bond acceptors (Lipinski definition) is 5. The Hall–Kier alpha value is -1.46. The number of nitrogens with zero attached hydrogens (tertiary/aromatic N) is 3. The maximum absolute atomic E-state index is 4.71. The van der Waals surface area contributed by atoms with Crippen LogP contribution < -0.4 is 10.2 Å². The molecule has 3 rings (SSSR count). The molecule has 0 unspecified atom stereocenters. The van der Waals surface area contributed by atoms with Gasteiger partial charge in [0.25, 0.3) is 0 Å². The van der Waals surface area contributed by atoms with E-state index in [0.29, 0.717) is 0 Å². The third kappa shape index (κ3) is 3.55. The molecule has 2 heterocycles. The molecule has 0 atom stereocenters. The van der Waals surface area contributed by atoms with Gasteiger partial charge in [-0.1, -0.05) is 6.07 Å². The number of aryl methyl sites for hydroxylation is 1. The molecule has 1 aliphatic carbocycles. The van der Waals surface area contributed by atoms with Crippen molar-refractivity contribution in [1.82, 2.24) is 15.3 Å². The SMILES string of the molecule is Cc1nc(CN(C)c2cccc(CNC3CC3)n2)cs1. The minimum atomic E-state index is 0.719. The van der Waals surface area contributed by atoms with Crippen LogP contribution in [0.4, 0.5) is 5.82 Å². The molecule has 4 nitrogen and oxygen atoms in total. The zero-order chi connectivity index (χ0) is 13.9. The summed E-state index contributed by atoms with van der Waals surface area (Å²) in [5, 5.41) is 6.73. The van der Waals surface area contributed by atoms with E-state index in [0.717, 1.165) is 41.3 Å². The lowest BCUT2D eigenvalue weighted by atomic mass is 10.3. The molecular weight excluding hydrogens is 268 g/mol. The second-order valence-electron chi connectivity index (χ2n) is 5.36. The second-order valence-corrected chi connectivity index (χ2v) is 6.42. The average Bonchev–Trinajstić information content (AvgIpc) is 3.19. The van der Waals surface area contributed by atoms with Crippen LogP contribution in [0.1, 0.15) is 29.2 Å². The molecule has 0 bridgehead atoms. The first kappa shape index (κ1) is 13.5. The van der Waals surface area contributed by atoms with Gasteiger partial charge in [-0.2, -0.15) is 0 Å². The standard InChI is InChI=1S/C15H20N4S/c1-11-17-14(10-20-11)9-19(2)15-5-3-4-13(18-15)8-16-12-6-7-12/h3-5,10,12,16H,6-9H2,1-2H3. The van der Waals surface area contributed by atoms with Crippen LogP contribution in [0, 0.1) is 6.92 Å². The fourth-order valence-electron chi connectivity index (χ4n) is 2.12. The molecule has 0 spiro atoms. The predicted molar refractivity (Wildman–Crippen MR) is 83.1 cm³/mol. The summed E-state index contributed by atoms with van der Waals surface area (Å²) in [5.74, 6) is 1.01. The van der Waals surface area contributed by atoms with E-state index >= 15 is 0 Å². The lowest BCUT2D eigenvalue weighted by Gasteiger charge is -2.17. The van der Waals surface area contributed by atoms with E-state index in [1.165, 1.54) is 12.8 Å². The minimum absolute atomic E-state index is 0.719.